The number of hydrogen-bond donors (Lipinski definition) is 3. The van der Waals surface area contributed by atoms with Crippen LogP contribution >= 0.6 is 0 Å². The maximum Gasteiger partial charge on any atom is 0.0137 e. The van der Waals surface area contributed by atoms with E-state index in [0.29, 0.717) is 0 Å². The molecule has 4 N–H and O–H groups in total. The fraction of sp³-hybridized carbons (Fsp3) is 0.714. The largest absolute Gasteiger partial charge is 0.330 e. The van der Waals surface area contributed by atoms with Gasteiger partial charge in [-0.2, -0.15) is 0 Å². The molecule has 140 valence electrons. The summed E-state index contributed by atoms with van der Waals surface area (Å²) in [5.41, 5.74) is 9.87. The molecule has 0 aromatic rings. The molecule has 0 rings (SSSR count). The van der Waals surface area contributed by atoms with Crippen molar-refractivity contribution in [1.29, 1.82) is 0 Å². The maximum atomic E-state index is 5.46. The van der Waals surface area contributed by atoms with Crippen molar-refractivity contribution in [3.63, 3.8) is 0 Å². The van der Waals surface area contributed by atoms with Gasteiger partial charge in [0.1, 0.15) is 0 Å². The van der Waals surface area contributed by atoms with Crippen LogP contribution in [0.3, 0.4) is 0 Å². The zero-order chi connectivity index (χ0) is 18.0. The highest BCUT2D eigenvalue weighted by atomic mass is 14.9. The lowest BCUT2D eigenvalue weighted by Gasteiger charge is -2.05. The van der Waals surface area contributed by atoms with Crippen LogP contribution in [-0.2, 0) is 0 Å². The van der Waals surface area contributed by atoms with Crippen LogP contribution in [0.15, 0.2) is 34.9 Å². The Labute approximate surface area is 150 Å². The molecular weight excluding hydrogens is 294 g/mol. The smallest absolute Gasteiger partial charge is 0.0137 e. The van der Waals surface area contributed by atoms with E-state index in [-0.39, 0.29) is 0 Å². The van der Waals surface area contributed by atoms with Crippen molar-refractivity contribution in [2.75, 3.05) is 32.7 Å². The van der Waals surface area contributed by atoms with E-state index in [1.807, 2.05) is 0 Å². The molecule has 0 aliphatic carbocycles. The van der Waals surface area contributed by atoms with E-state index >= 15 is 0 Å². The molecule has 0 bridgehead atoms. The molecule has 24 heavy (non-hydrogen) atoms. The lowest BCUT2D eigenvalue weighted by atomic mass is 10.1. The molecule has 0 unspecified atom stereocenters. The number of allylic oxidation sites excluding steroid dienone is 5. The summed E-state index contributed by atoms with van der Waals surface area (Å²) < 4.78 is 0. The Hall–Kier alpha value is -0.900. The van der Waals surface area contributed by atoms with Gasteiger partial charge in [0.2, 0.25) is 0 Å². The Morgan fingerprint density at radius 3 is 2.00 bits per heavy atom. The van der Waals surface area contributed by atoms with Gasteiger partial charge in [-0.05, 0) is 92.4 Å². The summed E-state index contributed by atoms with van der Waals surface area (Å²) in [6.07, 6.45) is 14.0. The fourth-order valence-corrected chi connectivity index (χ4v) is 2.38. The molecule has 0 heterocycles. The van der Waals surface area contributed by atoms with Crippen molar-refractivity contribution >= 4 is 0 Å². The Kier molecular flexibility index (Phi) is 16.3. The van der Waals surface area contributed by atoms with Crippen molar-refractivity contribution in [2.24, 2.45) is 5.73 Å². The molecule has 0 aromatic heterocycles. The number of nitrogens with two attached hydrogens (primary N) is 1. The van der Waals surface area contributed by atoms with Crippen LogP contribution in [0.25, 0.3) is 0 Å². The molecular formula is C21H41N3. The first-order valence-corrected chi connectivity index (χ1v) is 9.62. The average Bonchev–Trinajstić information content (AvgIpc) is 2.53. The van der Waals surface area contributed by atoms with Gasteiger partial charge in [0, 0.05) is 6.54 Å². The van der Waals surface area contributed by atoms with Crippen molar-refractivity contribution in [3.05, 3.63) is 34.9 Å². The summed E-state index contributed by atoms with van der Waals surface area (Å²) in [5, 5.41) is 6.88. The van der Waals surface area contributed by atoms with Gasteiger partial charge in [-0.25, -0.2) is 0 Å². The fourth-order valence-electron chi connectivity index (χ4n) is 2.38. The molecule has 0 amide bonds. The average molecular weight is 336 g/mol. The summed E-state index contributed by atoms with van der Waals surface area (Å²) in [6, 6.07) is 0. The predicted octanol–water partition coefficient (Wildman–Crippen LogP) is 4.32. The highest BCUT2D eigenvalue weighted by Crippen LogP contribution is 2.11. The molecule has 0 spiro atoms. The highest BCUT2D eigenvalue weighted by molar-refractivity contribution is 5.05. The Morgan fingerprint density at radius 1 is 0.750 bits per heavy atom. The summed E-state index contributed by atoms with van der Waals surface area (Å²) in [5.74, 6) is 0. The third-order valence-electron chi connectivity index (χ3n) is 3.98. The standard InChI is InChI=1S/C21H41N3/c1-19(2)9-5-10-20(3)11-6-12-21(4)13-18-24-17-8-16-23-15-7-14-22/h9,11,13,23-24H,5-8,10,12,14-18,22H2,1-4H3/b20-11-,21-13?. The Bertz CT molecular complexity index is 377. The molecule has 0 aliphatic rings. The van der Waals surface area contributed by atoms with Crippen molar-refractivity contribution in [1.82, 2.24) is 10.6 Å². The topological polar surface area (TPSA) is 50.1 Å². The molecule has 0 aromatic carbocycles. The minimum atomic E-state index is 0.777. The first-order valence-electron chi connectivity index (χ1n) is 9.62. The molecule has 0 aliphatic heterocycles. The van der Waals surface area contributed by atoms with Gasteiger partial charge in [0.15, 0.2) is 0 Å². The maximum absolute atomic E-state index is 5.46. The third kappa shape index (κ3) is 17.5. The van der Waals surface area contributed by atoms with E-state index in [9.17, 15) is 0 Å². The Morgan fingerprint density at radius 2 is 1.33 bits per heavy atom. The second kappa shape index (κ2) is 16.9. The minimum absolute atomic E-state index is 0.777. The van der Waals surface area contributed by atoms with Gasteiger partial charge in [0.25, 0.3) is 0 Å². The molecule has 3 heteroatoms. The van der Waals surface area contributed by atoms with Crippen LogP contribution in [0.4, 0.5) is 0 Å². The number of nitrogens with one attached hydrogen (secondary N) is 2. The monoisotopic (exact) mass is 335 g/mol. The van der Waals surface area contributed by atoms with E-state index in [1.165, 1.54) is 42.4 Å². The van der Waals surface area contributed by atoms with Crippen LogP contribution in [0.5, 0.6) is 0 Å². The highest BCUT2D eigenvalue weighted by Gasteiger charge is 1.92. The van der Waals surface area contributed by atoms with E-state index in [1.54, 1.807) is 0 Å². The van der Waals surface area contributed by atoms with Gasteiger partial charge >= 0.3 is 0 Å². The normalized spacial score (nSPS) is 12.5. The van der Waals surface area contributed by atoms with Crippen molar-refractivity contribution in [3.8, 4) is 0 Å². The predicted molar refractivity (Wildman–Crippen MR) is 109 cm³/mol. The van der Waals surface area contributed by atoms with Gasteiger partial charge in [-0.3, -0.25) is 0 Å². The summed E-state index contributed by atoms with van der Waals surface area (Å²) in [6.45, 7) is 13.8. The molecule has 3 nitrogen and oxygen atoms in total. The lowest BCUT2D eigenvalue weighted by Crippen LogP contribution is -2.24. The second-order valence-corrected chi connectivity index (χ2v) is 6.91. The number of hydrogen-bond acceptors (Lipinski definition) is 3. The van der Waals surface area contributed by atoms with Gasteiger partial charge < -0.3 is 16.4 Å². The van der Waals surface area contributed by atoms with E-state index < -0.39 is 0 Å². The molecule has 0 radical (unpaired) electrons. The number of rotatable bonds is 15. The summed E-state index contributed by atoms with van der Waals surface area (Å²) >= 11 is 0. The SMILES string of the molecule is CC(C)=CCC/C(C)=C\CCC(C)=CCNCCCNCCCN. The van der Waals surface area contributed by atoms with E-state index in [0.717, 1.165) is 45.6 Å². The van der Waals surface area contributed by atoms with Crippen LogP contribution in [0.1, 0.15) is 66.2 Å². The van der Waals surface area contributed by atoms with Gasteiger partial charge in [-0.1, -0.05) is 34.9 Å². The van der Waals surface area contributed by atoms with Crippen LogP contribution in [0, 0.1) is 0 Å². The molecule has 0 saturated heterocycles. The zero-order valence-corrected chi connectivity index (χ0v) is 16.6. The van der Waals surface area contributed by atoms with Crippen LogP contribution < -0.4 is 16.4 Å². The van der Waals surface area contributed by atoms with E-state index in [4.69, 9.17) is 5.73 Å². The quantitative estimate of drug-likeness (QED) is 0.308. The molecule has 0 fully saturated rings. The first-order chi connectivity index (χ1) is 11.6. The van der Waals surface area contributed by atoms with Crippen molar-refractivity contribution < 1.29 is 0 Å². The van der Waals surface area contributed by atoms with Gasteiger partial charge in [-0.15, -0.1) is 0 Å². The first kappa shape index (κ1) is 23.1. The third-order valence-corrected chi connectivity index (χ3v) is 3.98. The molecule has 0 saturated carbocycles. The van der Waals surface area contributed by atoms with E-state index in [2.05, 4.69) is 56.6 Å². The summed E-state index contributed by atoms with van der Waals surface area (Å²) in [4.78, 5) is 0. The van der Waals surface area contributed by atoms with Crippen LogP contribution in [-0.4, -0.2) is 32.7 Å². The minimum Gasteiger partial charge on any atom is -0.330 e. The molecule has 0 atom stereocenters. The Balaban J connectivity index is 3.60. The summed E-state index contributed by atoms with van der Waals surface area (Å²) in [7, 11) is 0. The van der Waals surface area contributed by atoms with Gasteiger partial charge in [0.05, 0.1) is 0 Å². The second-order valence-electron chi connectivity index (χ2n) is 6.91. The van der Waals surface area contributed by atoms with Crippen molar-refractivity contribution in [2.45, 2.75) is 66.2 Å². The lowest BCUT2D eigenvalue weighted by molar-refractivity contribution is 0.601. The van der Waals surface area contributed by atoms with Crippen LogP contribution in [0.2, 0.25) is 0 Å². The zero-order valence-electron chi connectivity index (χ0n) is 16.6.